The van der Waals surface area contributed by atoms with Crippen molar-refractivity contribution in [3.63, 3.8) is 0 Å². The average molecular weight is 341 g/mol. The molecule has 7 heteroatoms. The Morgan fingerprint density at radius 1 is 1.25 bits per heavy atom. The third-order valence-electron chi connectivity index (χ3n) is 4.07. The molecule has 2 aromatic rings. The zero-order chi connectivity index (χ0) is 16.7. The molecule has 1 amide bonds. The van der Waals surface area contributed by atoms with Crippen LogP contribution in [0.3, 0.4) is 0 Å². The first-order valence-corrected chi connectivity index (χ1v) is 8.32. The number of thioether (sulfide) groups is 1. The van der Waals surface area contributed by atoms with E-state index in [-0.39, 0.29) is 22.3 Å². The van der Waals surface area contributed by atoms with Crippen molar-refractivity contribution in [2.45, 2.75) is 11.3 Å². The van der Waals surface area contributed by atoms with Crippen LogP contribution in [-0.2, 0) is 0 Å². The van der Waals surface area contributed by atoms with Gasteiger partial charge in [0.1, 0.15) is 11.1 Å². The van der Waals surface area contributed by atoms with Crippen LogP contribution in [0, 0.1) is 0 Å². The van der Waals surface area contributed by atoms with Crippen LogP contribution >= 0.6 is 11.8 Å². The highest BCUT2D eigenvalue weighted by molar-refractivity contribution is 8.15. The van der Waals surface area contributed by atoms with E-state index in [9.17, 15) is 9.90 Å². The number of anilines is 1. The molecule has 2 aromatic carbocycles. The van der Waals surface area contributed by atoms with Gasteiger partial charge >= 0.3 is 0 Å². The highest BCUT2D eigenvalue weighted by Crippen LogP contribution is 2.44. The maximum absolute atomic E-state index is 11.7. The number of methoxy groups -OCH3 is 1. The Balaban J connectivity index is 1.79. The summed E-state index contributed by atoms with van der Waals surface area (Å²) < 4.78 is 5.22. The Morgan fingerprint density at radius 2 is 2.04 bits per heavy atom. The van der Waals surface area contributed by atoms with E-state index in [1.807, 2.05) is 41.4 Å². The summed E-state index contributed by atoms with van der Waals surface area (Å²) in [6, 6.07) is 14.9. The number of benzene rings is 2. The van der Waals surface area contributed by atoms with Gasteiger partial charge in [0.15, 0.2) is 11.5 Å². The highest BCUT2D eigenvalue weighted by Gasteiger charge is 2.45. The van der Waals surface area contributed by atoms with E-state index in [0.29, 0.717) is 11.6 Å². The zero-order valence-corrected chi connectivity index (χ0v) is 13.7. The molecule has 0 aromatic heterocycles. The number of amides is 1. The van der Waals surface area contributed by atoms with E-state index in [4.69, 9.17) is 4.74 Å². The molecule has 4 rings (SSSR count). The van der Waals surface area contributed by atoms with Gasteiger partial charge in [-0.3, -0.25) is 9.80 Å². The number of phenols is 1. The molecular weight excluding hydrogens is 326 g/mol. The molecule has 0 spiro atoms. The van der Waals surface area contributed by atoms with Gasteiger partial charge < -0.3 is 15.2 Å². The summed E-state index contributed by atoms with van der Waals surface area (Å²) in [5.74, 6) is 1.14. The molecule has 0 unspecified atom stereocenters. The third kappa shape index (κ3) is 2.37. The molecule has 122 valence electrons. The van der Waals surface area contributed by atoms with Gasteiger partial charge in [0.25, 0.3) is 5.24 Å². The number of hydrazone groups is 1. The van der Waals surface area contributed by atoms with Crippen LogP contribution < -0.4 is 15.1 Å². The van der Waals surface area contributed by atoms with Crippen molar-refractivity contribution in [1.82, 2.24) is 5.32 Å². The minimum atomic E-state index is -0.166. The van der Waals surface area contributed by atoms with Crippen LogP contribution in [0.4, 0.5) is 10.5 Å². The molecule has 2 N–H and O–H groups in total. The van der Waals surface area contributed by atoms with Crippen molar-refractivity contribution in [3.8, 4) is 11.5 Å². The van der Waals surface area contributed by atoms with Crippen LogP contribution in [0.2, 0.25) is 0 Å². The lowest BCUT2D eigenvalue weighted by Gasteiger charge is -2.27. The fraction of sp³-hybridized carbons (Fsp3) is 0.176. The number of amidine groups is 1. The molecule has 0 bridgehead atoms. The zero-order valence-electron chi connectivity index (χ0n) is 12.8. The van der Waals surface area contributed by atoms with E-state index in [0.717, 1.165) is 11.3 Å². The van der Waals surface area contributed by atoms with Gasteiger partial charge in [-0.15, -0.1) is 0 Å². The number of nitrogens with one attached hydrogen (secondary N) is 1. The topological polar surface area (TPSA) is 74.2 Å². The molecule has 2 aliphatic heterocycles. The second-order valence-electron chi connectivity index (χ2n) is 5.49. The lowest BCUT2D eigenvalue weighted by atomic mass is 10.0. The number of hydrogen-bond donors (Lipinski definition) is 2. The first-order chi connectivity index (χ1) is 11.7. The third-order valence-corrected chi connectivity index (χ3v) is 5.12. The standard InChI is InChI=1S/C17H15N3O3S/c1-23-13-9-10(7-8-12(13)21)14-15-16(18-17(22)24-15)19-20(14)11-5-3-2-4-6-11/h2-9,14-15,21H,1H3,(H,18,19,22)/t14-,15-/m1/s1. The summed E-state index contributed by atoms with van der Waals surface area (Å²) in [4.78, 5) is 11.7. The summed E-state index contributed by atoms with van der Waals surface area (Å²) in [5.41, 5.74) is 1.85. The molecule has 6 nitrogen and oxygen atoms in total. The molecular formula is C17H15N3O3S. The van der Waals surface area contributed by atoms with Gasteiger partial charge in [-0.2, -0.15) is 5.10 Å². The van der Waals surface area contributed by atoms with Gasteiger partial charge in [0, 0.05) is 0 Å². The minimum Gasteiger partial charge on any atom is -0.504 e. The van der Waals surface area contributed by atoms with E-state index < -0.39 is 0 Å². The maximum Gasteiger partial charge on any atom is 0.285 e. The number of hydrogen-bond acceptors (Lipinski definition) is 6. The van der Waals surface area contributed by atoms with Crippen molar-refractivity contribution in [2.75, 3.05) is 12.1 Å². The van der Waals surface area contributed by atoms with E-state index >= 15 is 0 Å². The monoisotopic (exact) mass is 341 g/mol. The smallest absolute Gasteiger partial charge is 0.285 e. The fourth-order valence-electron chi connectivity index (χ4n) is 2.97. The number of fused-ring (bicyclic) bond motifs is 1. The van der Waals surface area contributed by atoms with Crippen LogP contribution in [0.25, 0.3) is 0 Å². The van der Waals surface area contributed by atoms with Crippen molar-refractivity contribution in [1.29, 1.82) is 0 Å². The molecule has 2 aliphatic rings. The molecule has 0 saturated carbocycles. The van der Waals surface area contributed by atoms with Crippen LogP contribution in [-0.4, -0.2) is 28.5 Å². The van der Waals surface area contributed by atoms with Crippen molar-refractivity contribution in [3.05, 3.63) is 54.1 Å². The fourth-order valence-corrected chi connectivity index (χ4v) is 3.99. The summed E-state index contributed by atoms with van der Waals surface area (Å²) >= 11 is 1.23. The number of phenolic OH excluding ortho intramolecular Hbond substituents is 1. The number of rotatable bonds is 3. The van der Waals surface area contributed by atoms with Crippen molar-refractivity contribution >= 4 is 28.5 Å². The van der Waals surface area contributed by atoms with E-state index in [1.165, 1.54) is 18.9 Å². The largest absolute Gasteiger partial charge is 0.504 e. The van der Waals surface area contributed by atoms with Crippen molar-refractivity contribution < 1.29 is 14.6 Å². The summed E-state index contributed by atoms with van der Waals surface area (Å²) in [5, 5.41) is 18.9. The minimum absolute atomic E-state index is 0.0833. The van der Waals surface area contributed by atoms with Gasteiger partial charge in [0.2, 0.25) is 0 Å². The Bertz CT molecular complexity index is 825. The second-order valence-corrected chi connectivity index (χ2v) is 6.61. The Labute approximate surface area is 143 Å². The molecule has 0 aliphatic carbocycles. The Hall–Kier alpha value is -2.67. The van der Waals surface area contributed by atoms with Crippen LogP contribution in [0.15, 0.2) is 53.6 Å². The summed E-state index contributed by atoms with van der Waals surface area (Å²) in [6.45, 7) is 0. The average Bonchev–Trinajstić information content (AvgIpc) is 3.12. The lowest BCUT2D eigenvalue weighted by molar-refractivity contribution is 0.265. The molecule has 0 radical (unpaired) electrons. The highest BCUT2D eigenvalue weighted by atomic mass is 32.2. The van der Waals surface area contributed by atoms with E-state index in [2.05, 4.69) is 10.4 Å². The number of nitrogens with zero attached hydrogens (tertiary/aromatic N) is 2. The predicted molar refractivity (Wildman–Crippen MR) is 93.7 cm³/mol. The van der Waals surface area contributed by atoms with Crippen molar-refractivity contribution in [2.24, 2.45) is 5.10 Å². The van der Waals surface area contributed by atoms with Gasteiger partial charge in [-0.05, 0) is 29.8 Å². The van der Waals surface area contributed by atoms with Crippen LogP contribution in [0.1, 0.15) is 11.6 Å². The quantitative estimate of drug-likeness (QED) is 0.897. The number of para-hydroxylation sites is 1. The first-order valence-electron chi connectivity index (χ1n) is 7.44. The SMILES string of the molecule is COc1cc([C@@H]2[C@H]3SC(=O)NC3=NN2c2ccccc2)ccc1O. The predicted octanol–water partition coefficient (Wildman–Crippen LogP) is 3.10. The molecule has 2 atom stereocenters. The summed E-state index contributed by atoms with van der Waals surface area (Å²) in [6.07, 6.45) is 0. The first kappa shape index (κ1) is 14.9. The van der Waals surface area contributed by atoms with Gasteiger partial charge in [-0.25, -0.2) is 0 Å². The van der Waals surface area contributed by atoms with Gasteiger partial charge in [-0.1, -0.05) is 36.0 Å². The number of carbonyl (C=O) groups excluding carboxylic acids is 1. The number of carbonyl (C=O) groups is 1. The molecule has 1 saturated heterocycles. The molecule has 2 heterocycles. The lowest BCUT2D eigenvalue weighted by Crippen LogP contribution is -2.27. The normalized spacial score (nSPS) is 22.1. The molecule has 24 heavy (non-hydrogen) atoms. The van der Waals surface area contributed by atoms with Gasteiger partial charge in [0.05, 0.1) is 18.8 Å². The van der Waals surface area contributed by atoms with E-state index in [1.54, 1.807) is 12.1 Å². The summed E-state index contributed by atoms with van der Waals surface area (Å²) in [7, 11) is 1.51. The second kappa shape index (κ2) is 5.76. The number of ether oxygens (including phenoxy) is 1. The Morgan fingerprint density at radius 3 is 2.79 bits per heavy atom. The number of aromatic hydroxyl groups is 1. The van der Waals surface area contributed by atoms with Crippen LogP contribution in [0.5, 0.6) is 11.5 Å². The molecule has 1 fully saturated rings. The maximum atomic E-state index is 11.7. The Kier molecular flexibility index (Phi) is 3.57.